The van der Waals surface area contributed by atoms with Crippen molar-refractivity contribution in [3.8, 4) is 0 Å². The van der Waals surface area contributed by atoms with Crippen molar-refractivity contribution >= 4 is 5.91 Å². The van der Waals surface area contributed by atoms with Gasteiger partial charge in [0, 0.05) is 13.0 Å². The van der Waals surface area contributed by atoms with E-state index < -0.39 is 0 Å². The number of nitrogens with zero attached hydrogens (tertiary/aromatic N) is 1. The van der Waals surface area contributed by atoms with Gasteiger partial charge in [0.15, 0.2) is 0 Å². The van der Waals surface area contributed by atoms with Gasteiger partial charge in [0.25, 0.3) is 0 Å². The zero-order valence-corrected chi connectivity index (χ0v) is 15.7. The topological polar surface area (TPSA) is 29.1 Å². The summed E-state index contributed by atoms with van der Waals surface area (Å²) in [5, 5.41) is 2.83. The molecule has 120 valence electrons. The van der Waals surface area contributed by atoms with Crippen LogP contribution in [0.4, 0.5) is 0 Å². The van der Waals surface area contributed by atoms with Crippen molar-refractivity contribution in [1.82, 2.24) is 5.32 Å². The summed E-state index contributed by atoms with van der Waals surface area (Å²) in [6.07, 6.45) is 10.5. The number of hydrogen-bond donors (Lipinski definition) is 1. The van der Waals surface area contributed by atoms with Gasteiger partial charge < -0.3 is 33.8 Å². The van der Waals surface area contributed by atoms with Crippen LogP contribution in [0.5, 0.6) is 0 Å². The summed E-state index contributed by atoms with van der Waals surface area (Å²) in [6, 6.07) is 0. The third-order valence-electron chi connectivity index (χ3n) is 3.54. The molecule has 0 aliphatic carbocycles. The molecule has 1 N–H and O–H groups in total. The first-order valence-electron chi connectivity index (χ1n) is 7.74. The lowest BCUT2D eigenvalue weighted by Crippen LogP contribution is -3.00. The number of carbonyl (C=O) groups is 1. The van der Waals surface area contributed by atoms with Gasteiger partial charge in [-0.3, -0.25) is 4.79 Å². The lowest BCUT2D eigenvalue weighted by Gasteiger charge is -2.30. The molecule has 4 heteroatoms. The zero-order chi connectivity index (χ0) is 14.6. The Balaban J connectivity index is 0. The average Bonchev–Trinajstić information content (AvgIpc) is 2.38. The highest BCUT2D eigenvalue weighted by atomic mass is 127. The Hall–Kier alpha value is -0.100. The normalized spacial score (nSPS) is 10.8. The van der Waals surface area contributed by atoms with Crippen molar-refractivity contribution in [2.24, 2.45) is 0 Å². The molecule has 0 fully saturated rings. The lowest BCUT2D eigenvalue weighted by molar-refractivity contribution is -0.890. The highest BCUT2D eigenvalue weighted by molar-refractivity contribution is 5.86. The van der Waals surface area contributed by atoms with Crippen LogP contribution in [0, 0.1) is 0 Å². The molecule has 0 heterocycles. The molecule has 0 aliphatic heterocycles. The van der Waals surface area contributed by atoms with Crippen LogP contribution in [0.15, 0.2) is 12.7 Å². The number of rotatable bonds is 12. The molecule has 0 aromatic rings. The number of halogens is 1. The van der Waals surface area contributed by atoms with E-state index in [1.54, 1.807) is 0 Å². The van der Waals surface area contributed by atoms with Gasteiger partial charge in [0.1, 0.15) is 0 Å². The first-order chi connectivity index (χ1) is 9.02. The van der Waals surface area contributed by atoms with Gasteiger partial charge in [0.2, 0.25) is 5.91 Å². The standard InChI is InChI=1S/C16H32N2O.HI/c1-5-7-8-9-10-11-14-18(3,4)15-12-13-17-16(19)6-2;/h6H,2,5,7-15H2,1,3-4H3;1H. The minimum absolute atomic E-state index is 0. The van der Waals surface area contributed by atoms with Crippen LogP contribution in [0.3, 0.4) is 0 Å². The van der Waals surface area contributed by atoms with E-state index in [9.17, 15) is 4.79 Å². The number of unbranched alkanes of at least 4 members (excludes halogenated alkanes) is 5. The summed E-state index contributed by atoms with van der Waals surface area (Å²) in [7, 11) is 4.56. The van der Waals surface area contributed by atoms with Gasteiger partial charge in [-0.05, 0) is 18.9 Å². The maximum Gasteiger partial charge on any atom is 0.243 e. The molecule has 20 heavy (non-hydrogen) atoms. The van der Waals surface area contributed by atoms with E-state index in [1.807, 2.05) is 0 Å². The van der Waals surface area contributed by atoms with Gasteiger partial charge in [0.05, 0.1) is 27.2 Å². The fourth-order valence-corrected chi connectivity index (χ4v) is 2.22. The molecule has 0 saturated carbocycles. The molecule has 0 aromatic carbocycles. The van der Waals surface area contributed by atoms with E-state index in [2.05, 4.69) is 32.9 Å². The first kappa shape index (κ1) is 22.2. The summed E-state index contributed by atoms with van der Waals surface area (Å²) < 4.78 is 1.05. The third-order valence-corrected chi connectivity index (χ3v) is 3.54. The Morgan fingerprint density at radius 1 is 1.05 bits per heavy atom. The monoisotopic (exact) mass is 396 g/mol. The predicted octanol–water partition coefficient (Wildman–Crippen LogP) is 0.120. The quantitative estimate of drug-likeness (QED) is 0.216. The molecule has 0 aromatic heterocycles. The van der Waals surface area contributed by atoms with E-state index in [-0.39, 0.29) is 29.9 Å². The minimum Gasteiger partial charge on any atom is -1.00 e. The second kappa shape index (κ2) is 13.9. The average molecular weight is 396 g/mol. The smallest absolute Gasteiger partial charge is 0.243 e. The number of nitrogens with one attached hydrogen (secondary N) is 1. The van der Waals surface area contributed by atoms with Crippen molar-refractivity contribution < 1.29 is 33.3 Å². The van der Waals surface area contributed by atoms with Crippen LogP contribution in [-0.4, -0.2) is 44.1 Å². The van der Waals surface area contributed by atoms with E-state index in [1.165, 1.54) is 51.1 Å². The van der Waals surface area contributed by atoms with Crippen LogP contribution in [0.1, 0.15) is 51.9 Å². The van der Waals surface area contributed by atoms with Crippen molar-refractivity contribution in [1.29, 1.82) is 0 Å². The predicted molar refractivity (Wildman–Crippen MR) is 83.0 cm³/mol. The number of carbonyl (C=O) groups excluding carboxylic acids is 1. The molecule has 0 aliphatic rings. The molecule has 0 bridgehead atoms. The molecule has 0 rings (SSSR count). The summed E-state index contributed by atoms with van der Waals surface area (Å²) in [5.41, 5.74) is 0. The Morgan fingerprint density at radius 3 is 2.20 bits per heavy atom. The molecule has 0 saturated heterocycles. The molecule has 0 spiro atoms. The van der Waals surface area contributed by atoms with E-state index in [4.69, 9.17) is 0 Å². The molecular formula is C16H33IN2O. The summed E-state index contributed by atoms with van der Waals surface area (Å²) in [4.78, 5) is 11.0. The van der Waals surface area contributed by atoms with E-state index in [0.717, 1.165) is 24.0 Å². The molecular weight excluding hydrogens is 363 g/mol. The van der Waals surface area contributed by atoms with Crippen molar-refractivity contribution in [3.63, 3.8) is 0 Å². The molecule has 3 nitrogen and oxygen atoms in total. The first-order valence-corrected chi connectivity index (χ1v) is 7.74. The van der Waals surface area contributed by atoms with E-state index in [0.29, 0.717) is 0 Å². The second-order valence-electron chi connectivity index (χ2n) is 6.00. The highest BCUT2D eigenvalue weighted by Gasteiger charge is 2.13. The molecule has 0 unspecified atom stereocenters. The van der Waals surface area contributed by atoms with Crippen LogP contribution >= 0.6 is 0 Å². The Bertz CT molecular complexity index is 255. The molecule has 0 atom stereocenters. The summed E-state index contributed by atoms with van der Waals surface area (Å²) in [5.74, 6) is -0.0683. The number of quaternary nitrogens is 1. The fourth-order valence-electron chi connectivity index (χ4n) is 2.22. The van der Waals surface area contributed by atoms with Crippen molar-refractivity contribution in [2.75, 3.05) is 33.7 Å². The van der Waals surface area contributed by atoms with E-state index >= 15 is 0 Å². The Morgan fingerprint density at radius 2 is 1.60 bits per heavy atom. The third kappa shape index (κ3) is 14.3. The molecule has 1 amide bonds. The van der Waals surface area contributed by atoms with Crippen LogP contribution in [-0.2, 0) is 4.79 Å². The maximum absolute atomic E-state index is 11.0. The zero-order valence-electron chi connectivity index (χ0n) is 13.6. The maximum atomic E-state index is 11.0. The SMILES string of the molecule is C=CC(=O)NCCC[N+](C)(C)CCCCCCCC.[I-]. The Kier molecular flexibility index (Phi) is 15.4. The fraction of sp³-hybridized carbons (Fsp3) is 0.812. The van der Waals surface area contributed by atoms with Crippen LogP contribution < -0.4 is 29.3 Å². The largest absolute Gasteiger partial charge is 1.00 e. The number of amides is 1. The molecule has 0 radical (unpaired) electrons. The van der Waals surface area contributed by atoms with Gasteiger partial charge >= 0.3 is 0 Å². The van der Waals surface area contributed by atoms with Gasteiger partial charge in [-0.1, -0.05) is 39.2 Å². The minimum atomic E-state index is -0.0683. The van der Waals surface area contributed by atoms with Gasteiger partial charge in [-0.15, -0.1) is 0 Å². The van der Waals surface area contributed by atoms with Crippen LogP contribution in [0.2, 0.25) is 0 Å². The lowest BCUT2D eigenvalue weighted by atomic mass is 10.1. The summed E-state index contributed by atoms with van der Waals surface area (Å²) >= 11 is 0. The van der Waals surface area contributed by atoms with Gasteiger partial charge in [-0.2, -0.15) is 0 Å². The highest BCUT2D eigenvalue weighted by Crippen LogP contribution is 2.08. The van der Waals surface area contributed by atoms with Gasteiger partial charge in [-0.25, -0.2) is 0 Å². The second-order valence-corrected chi connectivity index (χ2v) is 6.00. The van der Waals surface area contributed by atoms with Crippen molar-refractivity contribution in [3.05, 3.63) is 12.7 Å². The number of hydrogen-bond acceptors (Lipinski definition) is 1. The summed E-state index contributed by atoms with van der Waals surface area (Å²) in [6.45, 7) is 8.81. The van der Waals surface area contributed by atoms with Crippen LogP contribution in [0.25, 0.3) is 0 Å². The Labute approximate surface area is 142 Å². The van der Waals surface area contributed by atoms with Crippen molar-refractivity contribution in [2.45, 2.75) is 51.9 Å².